The zero-order valence-corrected chi connectivity index (χ0v) is 39.0. The fourth-order valence-corrected chi connectivity index (χ4v) is 7.39. The first-order valence-corrected chi connectivity index (χ1v) is 22.4. The van der Waals surface area contributed by atoms with E-state index in [-0.39, 0.29) is 49.6 Å². The molecule has 0 bridgehead atoms. The summed E-state index contributed by atoms with van der Waals surface area (Å²) in [6.07, 6.45) is 5.36. The molecule has 8 amide bonds. The second-order valence-corrected chi connectivity index (χ2v) is 18.4. The van der Waals surface area contributed by atoms with E-state index in [9.17, 15) is 38.4 Å². The molecule has 0 aromatic heterocycles. The van der Waals surface area contributed by atoms with Crippen molar-refractivity contribution in [2.45, 2.75) is 91.5 Å². The van der Waals surface area contributed by atoms with Crippen LogP contribution >= 0.6 is 0 Å². The van der Waals surface area contributed by atoms with Crippen LogP contribution in [0, 0.1) is 0 Å². The van der Waals surface area contributed by atoms with Crippen LogP contribution in [0.15, 0.2) is 73.1 Å². The molecular formula is C48H64N8O10. The Morgan fingerprint density at radius 1 is 0.500 bits per heavy atom. The number of amides is 8. The van der Waals surface area contributed by atoms with E-state index in [0.29, 0.717) is 78.3 Å². The summed E-state index contributed by atoms with van der Waals surface area (Å²) < 4.78 is 10.6. The lowest BCUT2D eigenvalue weighted by molar-refractivity contribution is -0.142. The quantitative estimate of drug-likeness (QED) is 0.284. The third-order valence-corrected chi connectivity index (χ3v) is 10.9. The zero-order valence-electron chi connectivity index (χ0n) is 39.0. The number of aryl methyl sites for hydroxylation is 2. The van der Waals surface area contributed by atoms with E-state index in [0.717, 1.165) is 44.2 Å². The molecule has 0 saturated carbocycles. The molecule has 2 aromatic carbocycles. The minimum atomic E-state index is -0.597. The van der Waals surface area contributed by atoms with Crippen LogP contribution in [-0.4, -0.2) is 154 Å². The molecule has 18 heteroatoms. The highest BCUT2D eigenvalue weighted by atomic mass is 16.6. The number of benzene rings is 2. The summed E-state index contributed by atoms with van der Waals surface area (Å²) >= 11 is 0. The number of ether oxygens (including phenoxy) is 2. The summed E-state index contributed by atoms with van der Waals surface area (Å²) in [7, 11) is 0. The van der Waals surface area contributed by atoms with E-state index in [1.807, 2.05) is 48.5 Å². The summed E-state index contributed by atoms with van der Waals surface area (Å²) in [6.45, 7) is 13.3. The zero-order chi connectivity index (χ0) is 48.0. The van der Waals surface area contributed by atoms with Crippen LogP contribution in [0.4, 0.5) is 9.59 Å². The number of nitrogens with one attached hydrogen (secondary N) is 2. The SMILES string of the molecule is CC(C)(C)OC(=O)NCc1cccc(CCC(=O)N2CCN(C(=O)CN3C=CC(=O)N(CC(=O)N4CCN(C(=O)CCc5cccc(CNC(=O)OC(C)(C)C)c5)CC4)C=CC3=O)CC2)c1. The van der Waals surface area contributed by atoms with Crippen molar-refractivity contribution in [2.24, 2.45) is 0 Å². The van der Waals surface area contributed by atoms with Crippen molar-refractivity contribution >= 4 is 47.6 Å². The first-order chi connectivity index (χ1) is 31.2. The smallest absolute Gasteiger partial charge is 0.407 e. The second-order valence-electron chi connectivity index (χ2n) is 18.4. The Hall–Kier alpha value is -6.72. The van der Waals surface area contributed by atoms with Crippen LogP contribution in [0.2, 0.25) is 0 Å². The molecule has 2 saturated heterocycles. The molecule has 356 valence electrons. The van der Waals surface area contributed by atoms with Gasteiger partial charge in [0.2, 0.25) is 23.6 Å². The Kier molecular flexibility index (Phi) is 17.5. The largest absolute Gasteiger partial charge is 0.444 e. The average Bonchev–Trinajstić information content (AvgIpc) is 3.27. The van der Waals surface area contributed by atoms with Gasteiger partial charge in [0.05, 0.1) is 0 Å². The van der Waals surface area contributed by atoms with E-state index in [2.05, 4.69) is 10.6 Å². The van der Waals surface area contributed by atoms with Gasteiger partial charge in [0.1, 0.15) is 24.3 Å². The predicted octanol–water partition coefficient (Wildman–Crippen LogP) is 3.34. The van der Waals surface area contributed by atoms with Crippen LogP contribution in [0.25, 0.3) is 0 Å². The number of hydrogen-bond donors (Lipinski definition) is 2. The third-order valence-electron chi connectivity index (χ3n) is 10.9. The highest BCUT2D eigenvalue weighted by Gasteiger charge is 2.29. The maximum Gasteiger partial charge on any atom is 0.407 e. The number of hydrogen-bond acceptors (Lipinski definition) is 10. The summed E-state index contributed by atoms with van der Waals surface area (Å²) in [5.41, 5.74) is 2.49. The molecule has 2 N–H and O–H groups in total. The standard InChI is InChI=1S/C48H64N8O10/c1-47(2,3)65-45(63)49-31-37-11-7-9-35(29-37)13-15-39(57)51-21-25-53(26-22-51)43(61)33-55-19-17-42(60)56(20-18-41(55)59)34-44(62)54-27-23-52(24-28-54)40(58)16-14-36-10-8-12-38(30-36)32-50-46(64)66-48(4,5)6/h7-12,17-20,29-30H,13-16,21-28,31-34H2,1-6H3,(H,49,63)(H,50,64). The topological polar surface area (TPSA) is 199 Å². The summed E-state index contributed by atoms with van der Waals surface area (Å²) in [4.78, 5) is 112. The lowest BCUT2D eigenvalue weighted by Crippen LogP contribution is -2.53. The first kappa shape index (κ1) is 50.3. The lowest BCUT2D eigenvalue weighted by Gasteiger charge is -2.36. The van der Waals surface area contributed by atoms with Crippen molar-refractivity contribution in [3.05, 3.63) is 95.3 Å². The molecule has 66 heavy (non-hydrogen) atoms. The normalized spacial score (nSPS) is 15.8. The summed E-state index contributed by atoms with van der Waals surface area (Å²) in [5, 5.41) is 5.48. The number of alkyl carbamates (subject to hydrolysis) is 2. The van der Waals surface area contributed by atoms with Gasteiger partial charge in [-0.2, -0.15) is 0 Å². The van der Waals surface area contributed by atoms with Crippen molar-refractivity contribution in [2.75, 3.05) is 65.4 Å². The molecule has 2 aromatic rings. The molecule has 5 rings (SSSR count). The molecule has 3 heterocycles. The highest BCUT2D eigenvalue weighted by molar-refractivity contribution is 5.97. The van der Waals surface area contributed by atoms with Crippen molar-refractivity contribution in [1.82, 2.24) is 40.0 Å². The Labute approximate surface area is 386 Å². The van der Waals surface area contributed by atoms with Crippen LogP contribution in [-0.2, 0) is 64.2 Å². The maximum atomic E-state index is 13.3. The monoisotopic (exact) mass is 912 g/mol. The summed E-state index contributed by atoms with van der Waals surface area (Å²) in [6, 6.07) is 15.3. The van der Waals surface area contributed by atoms with E-state index >= 15 is 0 Å². The number of nitrogens with zero attached hydrogens (tertiary/aromatic N) is 6. The molecule has 2 fully saturated rings. The number of rotatable bonds is 14. The van der Waals surface area contributed by atoms with Gasteiger partial charge in [0.25, 0.3) is 11.8 Å². The van der Waals surface area contributed by atoms with Crippen molar-refractivity contribution in [3.8, 4) is 0 Å². The lowest BCUT2D eigenvalue weighted by atomic mass is 10.1. The van der Waals surface area contributed by atoms with Gasteiger partial charge in [0, 0.05) is 103 Å². The van der Waals surface area contributed by atoms with Gasteiger partial charge >= 0.3 is 12.2 Å². The molecule has 0 atom stereocenters. The van der Waals surface area contributed by atoms with Crippen LogP contribution in [0.3, 0.4) is 0 Å². The van der Waals surface area contributed by atoms with Gasteiger partial charge < -0.3 is 49.5 Å². The minimum Gasteiger partial charge on any atom is -0.444 e. The minimum absolute atomic E-state index is 0.0381. The van der Waals surface area contributed by atoms with Gasteiger partial charge in [0.15, 0.2) is 0 Å². The van der Waals surface area contributed by atoms with Gasteiger partial charge in [-0.05, 0) is 76.6 Å². The van der Waals surface area contributed by atoms with E-state index < -0.39 is 35.2 Å². The fraction of sp³-hybridized carbons (Fsp3) is 0.500. The third kappa shape index (κ3) is 16.4. The van der Waals surface area contributed by atoms with Crippen molar-refractivity contribution in [1.29, 1.82) is 0 Å². The Bertz CT molecular complexity index is 2010. The average molecular weight is 913 g/mol. The van der Waals surface area contributed by atoms with E-state index in [1.165, 1.54) is 12.4 Å². The Morgan fingerprint density at radius 2 is 0.818 bits per heavy atom. The molecule has 3 aliphatic rings. The second kappa shape index (κ2) is 22.9. The first-order valence-electron chi connectivity index (χ1n) is 22.4. The molecule has 0 radical (unpaired) electrons. The molecule has 3 aliphatic heterocycles. The van der Waals surface area contributed by atoms with Gasteiger partial charge in [-0.25, -0.2) is 9.59 Å². The number of piperazine rings is 2. The van der Waals surface area contributed by atoms with Crippen molar-refractivity contribution < 1.29 is 47.8 Å². The molecule has 0 aliphatic carbocycles. The van der Waals surface area contributed by atoms with Gasteiger partial charge in [-0.3, -0.25) is 28.8 Å². The Morgan fingerprint density at radius 3 is 1.15 bits per heavy atom. The van der Waals surface area contributed by atoms with E-state index in [4.69, 9.17) is 9.47 Å². The highest BCUT2D eigenvalue weighted by Crippen LogP contribution is 2.15. The van der Waals surface area contributed by atoms with Crippen LogP contribution in [0.1, 0.15) is 76.6 Å². The number of carbonyl (C=O) groups is 8. The summed E-state index contributed by atoms with van der Waals surface area (Å²) in [5.74, 6) is -1.82. The van der Waals surface area contributed by atoms with Crippen LogP contribution in [0.5, 0.6) is 0 Å². The van der Waals surface area contributed by atoms with Crippen molar-refractivity contribution in [3.63, 3.8) is 0 Å². The Balaban J connectivity index is 0.989. The van der Waals surface area contributed by atoms with Gasteiger partial charge in [-0.1, -0.05) is 48.5 Å². The van der Waals surface area contributed by atoms with Crippen LogP contribution < -0.4 is 10.6 Å². The number of carbonyl (C=O) groups excluding carboxylic acids is 8. The van der Waals surface area contributed by atoms with E-state index in [1.54, 1.807) is 61.1 Å². The van der Waals surface area contributed by atoms with Gasteiger partial charge in [-0.15, -0.1) is 0 Å². The molecule has 0 spiro atoms. The molecule has 0 unspecified atom stereocenters. The molecular weight excluding hydrogens is 849 g/mol. The fourth-order valence-electron chi connectivity index (χ4n) is 7.39. The molecule has 18 nitrogen and oxygen atoms in total. The maximum absolute atomic E-state index is 13.3. The predicted molar refractivity (Wildman–Crippen MR) is 244 cm³/mol.